The molecular formula is C22H30N2O2. The summed E-state index contributed by atoms with van der Waals surface area (Å²) in [6, 6.07) is 6.08. The monoisotopic (exact) mass is 354 g/mol. The number of allylic oxidation sites excluding steroid dienone is 1. The van der Waals surface area contributed by atoms with Crippen LogP contribution in [0.5, 0.6) is 5.75 Å². The van der Waals surface area contributed by atoms with Crippen LogP contribution in [0.15, 0.2) is 29.8 Å². The third-order valence-corrected chi connectivity index (χ3v) is 5.25. The average Bonchev–Trinajstić information content (AvgIpc) is 2.94. The Balaban J connectivity index is 1.80. The second kappa shape index (κ2) is 8.43. The molecule has 3 rings (SSSR count). The summed E-state index contributed by atoms with van der Waals surface area (Å²) < 4.78 is 7.73. The standard InChI is InChI=1S/C22H30N2O2/c1-4-24-20-12-11-18(26-5-2)15-19(20)16(3)21(24)22(25)23-14-13-17-9-7-6-8-10-17/h9,11-12,15H,4-8,10,13-14H2,1-3H3,(H,23,25). The topological polar surface area (TPSA) is 43.3 Å². The van der Waals surface area contributed by atoms with Crippen molar-refractivity contribution < 1.29 is 9.53 Å². The van der Waals surface area contributed by atoms with Crippen molar-refractivity contribution >= 4 is 16.8 Å². The molecule has 0 bridgehead atoms. The number of nitrogens with one attached hydrogen (secondary N) is 1. The van der Waals surface area contributed by atoms with Crippen molar-refractivity contribution in [2.24, 2.45) is 0 Å². The van der Waals surface area contributed by atoms with E-state index < -0.39 is 0 Å². The molecule has 0 fully saturated rings. The Morgan fingerprint density at radius 3 is 2.81 bits per heavy atom. The van der Waals surface area contributed by atoms with Crippen LogP contribution in [0.25, 0.3) is 10.9 Å². The van der Waals surface area contributed by atoms with E-state index in [-0.39, 0.29) is 5.91 Å². The smallest absolute Gasteiger partial charge is 0.268 e. The van der Waals surface area contributed by atoms with Gasteiger partial charge in [0.2, 0.25) is 0 Å². The number of carbonyl (C=O) groups excluding carboxylic acids is 1. The van der Waals surface area contributed by atoms with Crippen LogP contribution in [0, 0.1) is 6.92 Å². The largest absolute Gasteiger partial charge is 0.494 e. The molecule has 0 saturated carbocycles. The van der Waals surface area contributed by atoms with Gasteiger partial charge in [0.15, 0.2) is 0 Å². The molecule has 4 heteroatoms. The third-order valence-electron chi connectivity index (χ3n) is 5.25. The Hall–Kier alpha value is -2.23. The first-order chi connectivity index (χ1) is 12.7. The van der Waals surface area contributed by atoms with Crippen LogP contribution in [-0.4, -0.2) is 23.6 Å². The highest BCUT2D eigenvalue weighted by Crippen LogP contribution is 2.29. The van der Waals surface area contributed by atoms with E-state index in [1.807, 2.05) is 26.0 Å². The first-order valence-corrected chi connectivity index (χ1v) is 9.87. The molecule has 1 amide bonds. The molecule has 1 aliphatic carbocycles. The molecule has 26 heavy (non-hydrogen) atoms. The summed E-state index contributed by atoms with van der Waals surface area (Å²) in [6.45, 7) is 8.21. The Bertz CT molecular complexity index is 817. The zero-order chi connectivity index (χ0) is 18.5. The Morgan fingerprint density at radius 2 is 2.12 bits per heavy atom. The molecule has 1 aromatic carbocycles. The lowest BCUT2D eigenvalue weighted by Crippen LogP contribution is -2.27. The minimum absolute atomic E-state index is 0.0231. The van der Waals surface area contributed by atoms with E-state index in [1.54, 1.807) is 0 Å². The van der Waals surface area contributed by atoms with Gasteiger partial charge in [0, 0.05) is 24.0 Å². The Kier molecular flexibility index (Phi) is 6.02. The molecule has 0 saturated heterocycles. The van der Waals surface area contributed by atoms with Gasteiger partial charge in [0.05, 0.1) is 6.61 Å². The van der Waals surface area contributed by atoms with E-state index in [9.17, 15) is 4.79 Å². The van der Waals surface area contributed by atoms with Gasteiger partial charge in [0.1, 0.15) is 11.4 Å². The molecule has 0 aliphatic heterocycles. The summed E-state index contributed by atoms with van der Waals surface area (Å²) in [5.74, 6) is 0.877. The third kappa shape index (κ3) is 3.79. The number of nitrogens with zero attached hydrogens (tertiary/aromatic N) is 1. The lowest BCUT2D eigenvalue weighted by atomic mass is 9.97. The van der Waals surface area contributed by atoms with E-state index in [2.05, 4.69) is 29.0 Å². The van der Waals surface area contributed by atoms with E-state index in [1.165, 1.54) is 31.3 Å². The number of rotatable bonds is 7. The summed E-state index contributed by atoms with van der Waals surface area (Å²) in [6.07, 6.45) is 8.27. The SMILES string of the molecule is CCOc1ccc2c(c1)c(C)c(C(=O)NCCC1=CCCCC1)n2CC. The maximum absolute atomic E-state index is 12.9. The van der Waals surface area contributed by atoms with Crippen LogP contribution in [0.4, 0.5) is 0 Å². The van der Waals surface area contributed by atoms with Gasteiger partial charge in [0.25, 0.3) is 5.91 Å². The van der Waals surface area contributed by atoms with Crippen molar-refractivity contribution in [1.82, 2.24) is 9.88 Å². The number of hydrogen-bond acceptors (Lipinski definition) is 2. The van der Waals surface area contributed by atoms with Gasteiger partial charge in [-0.2, -0.15) is 0 Å². The summed E-state index contributed by atoms with van der Waals surface area (Å²) >= 11 is 0. The van der Waals surface area contributed by atoms with Gasteiger partial charge in [-0.05, 0) is 76.6 Å². The van der Waals surface area contributed by atoms with Crippen LogP contribution in [0.3, 0.4) is 0 Å². The Morgan fingerprint density at radius 1 is 1.27 bits per heavy atom. The zero-order valence-electron chi connectivity index (χ0n) is 16.2. The van der Waals surface area contributed by atoms with Gasteiger partial charge in [-0.25, -0.2) is 0 Å². The molecule has 0 atom stereocenters. The van der Waals surface area contributed by atoms with Crippen molar-refractivity contribution in [3.8, 4) is 5.75 Å². The summed E-state index contributed by atoms with van der Waals surface area (Å²) in [5, 5.41) is 4.23. The van der Waals surface area contributed by atoms with Crippen LogP contribution >= 0.6 is 0 Å². The number of fused-ring (bicyclic) bond motifs is 1. The number of hydrogen-bond donors (Lipinski definition) is 1. The molecule has 1 N–H and O–H groups in total. The minimum atomic E-state index is 0.0231. The Labute approximate surface area is 156 Å². The van der Waals surface area contributed by atoms with E-state index >= 15 is 0 Å². The molecular weight excluding hydrogens is 324 g/mol. The number of ether oxygens (including phenoxy) is 1. The quantitative estimate of drug-likeness (QED) is 0.712. The first kappa shape index (κ1) is 18.6. The van der Waals surface area contributed by atoms with Crippen molar-refractivity contribution in [1.29, 1.82) is 0 Å². The van der Waals surface area contributed by atoms with Gasteiger partial charge in [-0.3, -0.25) is 4.79 Å². The molecule has 0 radical (unpaired) electrons. The van der Waals surface area contributed by atoms with Gasteiger partial charge in [-0.1, -0.05) is 11.6 Å². The van der Waals surface area contributed by atoms with Crippen molar-refractivity contribution in [2.75, 3.05) is 13.2 Å². The number of carbonyl (C=O) groups is 1. The average molecular weight is 354 g/mol. The fraction of sp³-hybridized carbons (Fsp3) is 0.500. The molecule has 4 nitrogen and oxygen atoms in total. The summed E-state index contributed by atoms with van der Waals surface area (Å²) in [5.41, 5.74) is 4.38. The van der Waals surface area contributed by atoms with Crippen molar-refractivity contribution in [2.45, 2.75) is 59.4 Å². The van der Waals surface area contributed by atoms with Crippen LogP contribution in [-0.2, 0) is 6.54 Å². The number of aromatic nitrogens is 1. The minimum Gasteiger partial charge on any atom is -0.494 e. The first-order valence-electron chi connectivity index (χ1n) is 9.87. The summed E-state index contributed by atoms with van der Waals surface area (Å²) in [7, 11) is 0. The zero-order valence-corrected chi connectivity index (χ0v) is 16.2. The molecule has 0 unspecified atom stereocenters. The highest BCUT2D eigenvalue weighted by molar-refractivity contribution is 6.02. The number of aryl methyl sites for hydroxylation is 2. The maximum Gasteiger partial charge on any atom is 0.268 e. The predicted molar refractivity (Wildman–Crippen MR) is 107 cm³/mol. The number of benzene rings is 1. The van der Waals surface area contributed by atoms with E-state index in [0.29, 0.717) is 13.2 Å². The lowest BCUT2D eigenvalue weighted by Gasteiger charge is -2.14. The molecule has 0 spiro atoms. The molecule has 1 aliphatic rings. The predicted octanol–water partition coefficient (Wildman–Crippen LogP) is 4.99. The maximum atomic E-state index is 12.9. The molecule has 140 valence electrons. The van der Waals surface area contributed by atoms with Crippen LogP contribution < -0.4 is 10.1 Å². The van der Waals surface area contributed by atoms with E-state index in [0.717, 1.165) is 40.9 Å². The fourth-order valence-electron chi connectivity index (χ4n) is 3.93. The van der Waals surface area contributed by atoms with Gasteiger partial charge >= 0.3 is 0 Å². The lowest BCUT2D eigenvalue weighted by molar-refractivity contribution is 0.0944. The van der Waals surface area contributed by atoms with Crippen LogP contribution in [0.2, 0.25) is 0 Å². The number of amides is 1. The second-order valence-electron chi connectivity index (χ2n) is 6.94. The highest BCUT2D eigenvalue weighted by Gasteiger charge is 2.19. The summed E-state index contributed by atoms with van der Waals surface area (Å²) in [4.78, 5) is 12.9. The van der Waals surface area contributed by atoms with Crippen molar-refractivity contribution in [3.63, 3.8) is 0 Å². The fourth-order valence-corrected chi connectivity index (χ4v) is 3.93. The van der Waals surface area contributed by atoms with E-state index in [4.69, 9.17) is 4.74 Å². The van der Waals surface area contributed by atoms with Gasteiger partial charge < -0.3 is 14.6 Å². The molecule has 1 aromatic heterocycles. The highest BCUT2D eigenvalue weighted by atomic mass is 16.5. The second-order valence-corrected chi connectivity index (χ2v) is 6.94. The van der Waals surface area contributed by atoms with Gasteiger partial charge in [-0.15, -0.1) is 0 Å². The normalized spacial score (nSPS) is 14.3. The van der Waals surface area contributed by atoms with Crippen molar-refractivity contribution in [3.05, 3.63) is 41.1 Å². The molecule has 1 heterocycles. The molecule has 2 aromatic rings. The van der Waals surface area contributed by atoms with Crippen LogP contribution in [0.1, 0.15) is 62.0 Å².